The van der Waals surface area contributed by atoms with Crippen molar-refractivity contribution < 1.29 is 9.59 Å². The number of amidine groups is 1. The summed E-state index contributed by atoms with van der Waals surface area (Å²) in [7, 11) is 0. The fourth-order valence-corrected chi connectivity index (χ4v) is 2.30. The highest BCUT2D eigenvalue weighted by atomic mass is 16.2. The molecule has 0 atom stereocenters. The fourth-order valence-electron chi connectivity index (χ4n) is 2.30. The number of Topliss-reactive ketones (excluding diaryl/α,β-unsaturated/α-hetero) is 2. The Bertz CT molecular complexity index is 324. The Balaban J connectivity index is 2.20. The van der Waals surface area contributed by atoms with Crippen LogP contribution in [0.3, 0.4) is 0 Å². The lowest BCUT2D eigenvalue weighted by Crippen LogP contribution is -2.45. The summed E-state index contributed by atoms with van der Waals surface area (Å²) in [5.74, 6) is 0.0369. The van der Waals surface area contributed by atoms with Gasteiger partial charge >= 0.3 is 0 Å². The molecule has 1 fully saturated rings. The Morgan fingerprint density at radius 3 is 2.33 bits per heavy atom. The summed E-state index contributed by atoms with van der Waals surface area (Å²) < 4.78 is 0. The van der Waals surface area contributed by atoms with E-state index in [0.29, 0.717) is 25.2 Å². The summed E-state index contributed by atoms with van der Waals surface area (Å²) in [5.41, 5.74) is -0.177. The first-order valence-corrected chi connectivity index (χ1v) is 5.33. The van der Waals surface area contributed by atoms with Crippen molar-refractivity contribution in [2.45, 2.75) is 26.7 Å². The van der Waals surface area contributed by atoms with E-state index in [-0.39, 0.29) is 17.0 Å². The highest BCUT2D eigenvalue weighted by Gasteiger charge is 2.42. The van der Waals surface area contributed by atoms with E-state index in [1.54, 1.807) is 0 Å². The molecule has 4 heteroatoms. The molecule has 0 aromatic rings. The van der Waals surface area contributed by atoms with E-state index in [9.17, 15) is 9.59 Å². The minimum Gasteiger partial charge on any atom is -0.371 e. The molecule has 1 N–H and O–H groups in total. The number of rotatable bonds is 1. The van der Waals surface area contributed by atoms with Crippen LogP contribution in [-0.2, 0) is 9.59 Å². The number of hydrogen-bond acceptors (Lipinski definition) is 4. The van der Waals surface area contributed by atoms with Crippen molar-refractivity contribution in [3.05, 3.63) is 0 Å². The molecule has 1 saturated carbocycles. The molecular formula is C11H16N2O2. The SMILES string of the molecule is CC1(C)CC(=O)C(C2=NCCN2)C(=O)C1. The Morgan fingerprint density at radius 1 is 1.27 bits per heavy atom. The lowest BCUT2D eigenvalue weighted by Gasteiger charge is -2.31. The van der Waals surface area contributed by atoms with E-state index in [1.807, 2.05) is 13.8 Å². The minimum absolute atomic E-state index is 0.0180. The summed E-state index contributed by atoms with van der Waals surface area (Å²) in [4.78, 5) is 27.9. The number of nitrogens with zero attached hydrogens (tertiary/aromatic N) is 1. The molecule has 1 aliphatic heterocycles. The lowest BCUT2D eigenvalue weighted by atomic mass is 9.71. The van der Waals surface area contributed by atoms with E-state index in [1.165, 1.54) is 0 Å². The molecule has 82 valence electrons. The third kappa shape index (κ3) is 1.94. The summed E-state index contributed by atoms with van der Waals surface area (Å²) in [6, 6.07) is 0. The van der Waals surface area contributed by atoms with Gasteiger partial charge in [0.25, 0.3) is 0 Å². The number of hydrogen-bond donors (Lipinski definition) is 1. The molecule has 0 saturated heterocycles. The van der Waals surface area contributed by atoms with Crippen LogP contribution < -0.4 is 5.32 Å². The summed E-state index contributed by atoms with van der Waals surface area (Å²) in [6.07, 6.45) is 0.953. The van der Waals surface area contributed by atoms with Crippen LogP contribution in [0.2, 0.25) is 0 Å². The van der Waals surface area contributed by atoms with Crippen LogP contribution in [0.4, 0.5) is 0 Å². The van der Waals surface area contributed by atoms with Gasteiger partial charge in [0.2, 0.25) is 0 Å². The molecular weight excluding hydrogens is 192 g/mol. The molecule has 1 heterocycles. The van der Waals surface area contributed by atoms with Gasteiger partial charge in [-0.2, -0.15) is 0 Å². The van der Waals surface area contributed by atoms with Crippen LogP contribution in [0, 0.1) is 11.3 Å². The van der Waals surface area contributed by atoms with Gasteiger partial charge in [-0.3, -0.25) is 14.6 Å². The second-order valence-corrected chi connectivity index (χ2v) is 5.08. The predicted molar refractivity (Wildman–Crippen MR) is 56.8 cm³/mol. The average Bonchev–Trinajstić information content (AvgIpc) is 2.52. The minimum atomic E-state index is -0.597. The van der Waals surface area contributed by atoms with Crippen LogP contribution >= 0.6 is 0 Å². The Labute approximate surface area is 89.1 Å². The first-order valence-electron chi connectivity index (χ1n) is 5.33. The van der Waals surface area contributed by atoms with Crippen LogP contribution in [0.5, 0.6) is 0 Å². The molecule has 0 radical (unpaired) electrons. The number of aliphatic imine (C=N–C) groups is 1. The molecule has 0 spiro atoms. The second-order valence-electron chi connectivity index (χ2n) is 5.08. The zero-order valence-electron chi connectivity index (χ0n) is 9.17. The quantitative estimate of drug-likeness (QED) is 0.641. The van der Waals surface area contributed by atoms with E-state index < -0.39 is 5.92 Å². The zero-order chi connectivity index (χ0) is 11.1. The van der Waals surface area contributed by atoms with Gasteiger partial charge in [-0.15, -0.1) is 0 Å². The standard InChI is InChI=1S/C11H16N2O2/c1-11(2)5-7(14)9(8(15)6-11)10-12-3-4-13-10/h9H,3-6H2,1-2H3,(H,12,13). The topological polar surface area (TPSA) is 58.5 Å². The molecule has 0 amide bonds. The maximum atomic E-state index is 11.9. The molecule has 0 aromatic carbocycles. The Morgan fingerprint density at radius 2 is 1.87 bits per heavy atom. The summed E-state index contributed by atoms with van der Waals surface area (Å²) >= 11 is 0. The normalized spacial score (nSPS) is 26.4. The number of carbonyl (C=O) groups excluding carboxylic acids is 2. The molecule has 4 nitrogen and oxygen atoms in total. The highest BCUT2D eigenvalue weighted by Crippen LogP contribution is 2.34. The number of carbonyl (C=O) groups is 2. The third-order valence-corrected chi connectivity index (χ3v) is 2.92. The van der Waals surface area contributed by atoms with Crippen molar-refractivity contribution in [2.75, 3.05) is 13.1 Å². The molecule has 1 aliphatic carbocycles. The maximum Gasteiger partial charge on any atom is 0.151 e. The second kappa shape index (κ2) is 3.43. The van der Waals surface area contributed by atoms with E-state index in [4.69, 9.17) is 0 Å². The Kier molecular flexibility index (Phi) is 2.37. The third-order valence-electron chi connectivity index (χ3n) is 2.92. The van der Waals surface area contributed by atoms with Gasteiger partial charge in [0.05, 0.1) is 6.54 Å². The summed E-state index contributed by atoms with van der Waals surface area (Å²) in [5, 5.41) is 3.02. The van der Waals surface area contributed by atoms with Gasteiger partial charge in [0.1, 0.15) is 11.8 Å². The number of nitrogens with one attached hydrogen (secondary N) is 1. The molecule has 2 rings (SSSR count). The van der Waals surface area contributed by atoms with Crippen molar-refractivity contribution >= 4 is 17.4 Å². The van der Waals surface area contributed by atoms with Crippen LogP contribution in [0.1, 0.15) is 26.7 Å². The van der Waals surface area contributed by atoms with Gasteiger partial charge < -0.3 is 5.32 Å². The van der Waals surface area contributed by atoms with Crippen molar-refractivity contribution in [1.82, 2.24) is 5.32 Å². The van der Waals surface area contributed by atoms with Gasteiger partial charge in [-0.05, 0) is 5.41 Å². The summed E-state index contributed by atoms with van der Waals surface area (Å²) in [6.45, 7) is 5.34. The van der Waals surface area contributed by atoms with Crippen molar-refractivity contribution in [1.29, 1.82) is 0 Å². The van der Waals surface area contributed by atoms with Gasteiger partial charge in [-0.25, -0.2) is 0 Å². The first-order chi connectivity index (χ1) is 6.99. The average molecular weight is 208 g/mol. The van der Waals surface area contributed by atoms with Crippen LogP contribution in [-0.4, -0.2) is 30.5 Å². The monoisotopic (exact) mass is 208 g/mol. The highest BCUT2D eigenvalue weighted by molar-refractivity contribution is 6.22. The Hall–Kier alpha value is -1.19. The van der Waals surface area contributed by atoms with E-state index in [0.717, 1.165) is 6.54 Å². The molecule has 0 bridgehead atoms. The van der Waals surface area contributed by atoms with Crippen molar-refractivity contribution in [2.24, 2.45) is 16.3 Å². The van der Waals surface area contributed by atoms with Gasteiger partial charge in [0.15, 0.2) is 11.6 Å². The van der Waals surface area contributed by atoms with Crippen molar-refractivity contribution in [3.63, 3.8) is 0 Å². The van der Waals surface area contributed by atoms with E-state index in [2.05, 4.69) is 10.3 Å². The number of ketones is 2. The zero-order valence-corrected chi connectivity index (χ0v) is 9.17. The lowest BCUT2D eigenvalue weighted by molar-refractivity contribution is -0.136. The molecule has 0 aromatic heterocycles. The van der Waals surface area contributed by atoms with Gasteiger partial charge in [-0.1, -0.05) is 13.8 Å². The largest absolute Gasteiger partial charge is 0.371 e. The molecule has 0 unspecified atom stereocenters. The first kappa shape index (κ1) is 10.3. The van der Waals surface area contributed by atoms with E-state index >= 15 is 0 Å². The smallest absolute Gasteiger partial charge is 0.151 e. The molecule has 2 aliphatic rings. The fraction of sp³-hybridized carbons (Fsp3) is 0.727. The molecule has 15 heavy (non-hydrogen) atoms. The van der Waals surface area contributed by atoms with Crippen molar-refractivity contribution in [3.8, 4) is 0 Å². The van der Waals surface area contributed by atoms with Crippen LogP contribution in [0.25, 0.3) is 0 Å². The van der Waals surface area contributed by atoms with Gasteiger partial charge in [0, 0.05) is 19.4 Å². The van der Waals surface area contributed by atoms with Crippen LogP contribution in [0.15, 0.2) is 4.99 Å². The maximum absolute atomic E-state index is 11.9. The predicted octanol–water partition coefficient (Wildman–Crippen LogP) is 0.562.